The van der Waals surface area contributed by atoms with E-state index in [1.165, 1.54) is 18.2 Å². The second-order valence-corrected chi connectivity index (χ2v) is 9.52. The van der Waals surface area contributed by atoms with E-state index in [0.717, 1.165) is 16.7 Å². The topological polar surface area (TPSA) is 75.3 Å². The molecule has 0 saturated heterocycles. The molecule has 7 heteroatoms. The zero-order valence-electron chi connectivity index (χ0n) is 17.6. The van der Waals surface area contributed by atoms with Gasteiger partial charge in [-0.3, -0.25) is 9.52 Å². The van der Waals surface area contributed by atoms with Crippen LogP contribution < -0.4 is 10.0 Å². The summed E-state index contributed by atoms with van der Waals surface area (Å²) in [6, 6.07) is 19.0. The van der Waals surface area contributed by atoms with Crippen LogP contribution in [0.2, 0.25) is 5.02 Å². The highest BCUT2D eigenvalue weighted by Gasteiger charge is 2.21. The molecule has 2 N–H and O–H groups in total. The van der Waals surface area contributed by atoms with Gasteiger partial charge in [0, 0.05) is 11.3 Å². The molecule has 0 bridgehead atoms. The van der Waals surface area contributed by atoms with Crippen LogP contribution >= 0.6 is 11.6 Å². The molecule has 0 aliphatic carbocycles. The number of hydrogen-bond acceptors (Lipinski definition) is 3. The lowest BCUT2D eigenvalue weighted by Crippen LogP contribution is -2.28. The number of rotatable bonds is 7. The van der Waals surface area contributed by atoms with Crippen molar-refractivity contribution in [3.63, 3.8) is 0 Å². The summed E-state index contributed by atoms with van der Waals surface area (Å²) in [5.41, 5.74) is 3.78. The monoisotopic (exact) mass is 456 g/mol. The molecular weight excluding hydrogens is 432 g/mol. The van der Waals surface area contributed by atoms with Crippen LogP contribution in [-0.2, 0) is 10.0 Å². The molecule has 0 spiro atoms. The predicted octanol–water partition coefficient (Wildman–Crippen LogP) is 5.64. The molecule has 31 heavy (non-hydrogen) atoms. The van der Waals surface area contributed by atoms with Gasteiger partial charge in [-0.25, -0.2) is 8.42 Å². The maximum Gasteiger partial charge on any atom is 0.263 e. The van der Waals surface area contributed by atoms with Gasteiger partial charge in [0.15, 0.2) is 0 Å². The van der Waals surface area contributed by atoms with Gasteiger partial charge in [-0.1, -0.05) is 66.0 Å². The van der Waals surface area contributed by atoms with Crippen LogP contribution in [0, 0.1) is 13.8 Å². The van der Waals surface area contributed by atoms with Gasteiger partial charge in [-0.15, -0.1) is 0 Å². The number of nitrogens with one attached hydrogen (secondary N) is 2. The maximum atomic E-state index is 12.9. The lowest BCUT2D eigenvalue weighted by molar-refractivity contribution is 0.0935. The van der Waals surface area contributed by atoms with E-state index < -0.39 is 10.0 Å². The Morgan fingerprint density at radius 3 is 2.10 bits per heavy atom. The summed E-state index contributed by atoms with van der Waals surface area (Å²) in [7, 11) is -3.97. The predicted molar refractivity (Wildman–Crippen MR) is 125 cm³/mol. The Labute approximate surface area is 188 Å². The van der Waals surface area contributed by atoms with Crippen LogP contribution in [0.5, 0.6) is 0 Å². The van der Waals surface area contributed by atoms with Gasteiger partial charge in [-0.2, -0.15) is 0 Å². The van der Waals surface area contributed by atoms with Crippen LogP contribution in [0.3, 0.4) is 0 Å². The Bertz CT molecular complexity index is 1170. The molecule has 3 aromatic carbocycles. The van der Waals surface area contributed by atoms with E-state index in [1.807, 2.05) is 45.0 Å². The third kappa shape index (κ3) is 5.66. The SMILES string of the molecule is CC[C@@H](NC(=O)c1ccc(Cl)c(S(=O)(=O)Nc2ccc(C)cc2)c1)c1ccc(C)cc1. The molecule has 0 saturated carbocycles. The first-order chi connectivity index (χ1) is 14.7. The van der Waals surface area contributed by atoms with E-state index in [2.05, 4.69) is 10.0 Å². The third-order valence-corrected chi connectivity index (χ3v) is 6.84. The van der Waals surface area contributed by atoms with E-state index in [1.54, 1.807) is 24.3 Å². The second kappa shape index (κ2) is 9.54. The van der Waals surface area contributed by atoms with Crippen LogP contribution in [-0.4, -0.2) is 14.3 Å². The van der Waals surface area contributed by atoms with Crippen molar-refractivity contribution >= 4 is 33.2 Å². The van der Waals surface area contributed by atoms with Gasteiger partial charge in [-0.05, 0) is 56.2 Å². The fourth-order valence-corrected chi connectivity index (χ4v) is 4.73. The lowest BCUT2D eigenvalue weighted by atomic mass is 10.0. The number of sulfonamides is 1. The summed E-state index contributed by atoms with van der Waals surface area (Å²) in [4.78, 5) is 12.7. The summed E-state index contributed by atoms with van der Waals surface area (Å²) in [6.07, 6.45) is 0.697. The van der Waals surface area contributed by atoms with Crippen molar-refractivity contribution in [2.24, 2.45) is 0 Å². The van der Waals surface area contributed by atoms with Crippen LogP contribution in [0.1, 0.15) is 46.4 Å². The zero-order valence-corrected chi connectivity index (χ0v) is 19.2. The molecule has 3 rings (SSSR count). The van der Waals surface area contributed by atoms with E-state index in [4.69, 9.17) is 11.6 Å². The Kier molecular flexibility index (Phi) is 7.03. The second-order valence-electron chi connectivity index (χ2n) is 7.46. The normalized spacial score (nSPS) is 12.3. The number of amides is 1. The van der Waals surface area contributed by atoms with Crippen molar-refractivity contribution in [1.82, 2.24) is 5.32 Å². The number of carbonyl (C=O) groups is 1. The van der Waals surface area contributed by atoms with Gasteiger partial charge in [0.2, 0.25) is 0 Å². The van der Waals surface area contributed by atoms with Crippen molar-refractivity contribution < 1.29 is 13.2 Å². The number of anilines is 1. The summed E-state index contributed by atoms with van der Waals surface area (Å²) < 4.78 is 28.3. The van der Waals surface area contributed by atoms with Gasteiger partial charge >= 0.3 is 0 Å². The Morgan fingerprint density at radius 2 is 1.52 bits per heavy atom. The summed E-state index contributed by atoms with van der Waals surface area (Å²) in [5, 5.41) is 3.02. The molecule has 0 fully saturated rings. The van der Waals surface area contributed by atoms with Gasteiger partial charge in [0.25, 0.3) is 15.9 Å². The van der Waals surface area contributed by atoms with E-state index in [0.29, 0.717) is 12.1 Å². The first-order valence-corrected chi connectivity index (χ1v) is 11.8. The smallest absolute Gasteiger partial charge is 0.263 e. The number of aryl methyl sites for hydroxylation is 2. The summed E-state index contributed by atoms with van der Waals surface area (Å²) in [5.74, 6) is -0.365. The minimum atomic E-state index is -3.97. The molecular formula is C24H25ClN2O3S. The molecule has 0 aliphatic rings. The lowest BCUT2D eigenvalue weighted by Gasteiger charge is -2.18. The minimum Gasteiger partial charge on any atom is -0.345 e. The third-order valence-electron chi connectivity index (χ3n) is 4.98. The molecule has 162 valence electrons. The molecule has 0 heterocycles. The van der Waals surface area contributed by atoms with Crippen LogP contribution in [0.4, 0.5) is 5.69 Å². The van der Waals surface area contributed by atoms with Crippen LogP contribution in [0.25, 0.3) is 0 Å². The van der Waals surface area contributed by atoms with Gasteiger partial charge in [0.05, 0.1) is 11.1 Å². The molecule has 3 aromatic rings. The van der Waals surface area contributed by atoms with Crippen molar-refractivity contribution in [2.75, 3.05) is 4.72 Å². The first kappa shape index (κ1) is 22.8. The Morgan fingerprint density at radius 1 is 0.935 bits per heavy atom. The highest BCUT2D eigenvalue weighted by Crippen LogP contribution is 2.26. The van der Waals surface area contributed by atoms with Crippen molar-refractivity contribution in [3.05, 3.63) is 94.0 Å². The average molecular weight is 457 g/mol. The molecule has 0 radical (unpaired) electrons. The highest BCUT2D eigenvalue weighted by atomic mass is 35.5. The van der Waals surface area contributed by atoms with E-state index >= 15 is 0 Å². The number of carbonyl (C=O) groups excluding carboxylic acids is 1. The molecule has 5 nitrogen and oxygen atoms in total. The van der Waals surface area contributed by atoms with E-state index in [-0.39, 0.29) is 27.4 Å². The Balaban J connectivity index is 1.84. The number of halogens is 1. The van der Waals surface area contributed by atoms with Crippen molar-refractivity contribution in [2.45, 2.75) is 38.1 Å². The largest absolute Gasteiger partial charge is 0.345 e. The molecule has 1 atom stereocenters. The molecule has 0 aromatic heterocycles. The zero-order chi connectivity index (χ0) is 22.6. The first-order valence-electron chi connectivity index (χ1n) is 9.96. The molecule has 1 amide bonds. The summed E-state index contributed by atoms with van der Waals surface area (Å²) >= 11 is 6.17. The maximum absolute atomic E-state index is 12.9. The number of hydrogen-bond donors (Lipinski definition) is 2. The highest BCUT2D eigenvalue weighted by molar-refractivity contribution is 7.92. The molecule has 0 unspecified atom stereocenters. The fraction of sp³-hybridized carbons (Fsp3) is 0.208. The standard InChI is InChI=1S/C24H25ClN2O3S/c1-4-22(18-9-5-16(2)6-10-18)26-24(28)19-11-14-21(25)23(15-19)31(29,30)27-20-12-7-17(3)8-13-20/h5-15,22,27H,4H2,1-3H3,(H,26,28)/t22-/m1/s1. The average Bonchev–Trinajstić information content (AvgIpc) is 2.74. The van der Waals surface area contributed by atoms with E-state index in [9.17, 15) is 13.2 Å². The van der Waals surface area contributed by atoms with Crippen LogP contribution in [0.15, 0.2) is 71.6 Å². The van der Waals surface area contributed by atoms with Gasteiger partial charge in [0.1, 0.15) is 4.90 Å². The minimum absolute atomic E-state index is 0.0433. The van der Waals surface area contributed by atoms with Gasteiger partial charge < -0.3 is 5.32 Å². The van der Waals surface area contributed by atoms with Crippen molar-refractivity contribution in [1.29, 1.82) is 0 Å². The molecule has 0 aliphatic heterocycles. The number of benzene rings is 3. The quantitative estimate of drug-likeness (QED) is 0.483. The summed E-state index contributed by atoms with van der Waals surface area (Å²) in [6.45, 7) is 5.90. The van der Waals surface area contributed by atoms with Crippen molar-refractivity contribution in [3.8, 4) is 0 Å². The fourth-order valence-electron chi connectivity index (χ4n) is 3.14. The Hall–Kier alpha value is -2.83.